The summed E-state index contributed by atoms with van der Waals surface area (Å²) in [7, 11) is 0. The molecule has 2 N–H and O–H groups in total. The molecule has 0 spiro atoms. The zero-order valence-electron chi connectivity index (χ0n) is 7.08. The topological polar surface area (TPSA) is 69.2 Å². The normalized spacial score (nSPS) is 10.1. The standard InChI is InChI=1S/C8H9FN2O2/c1-5-2-8(11(12)13)7(9)3-6(5)4-10/h2-3H,4,10H2,1H3. The molecule has 0 aliphatic carbocycles. The number of nitrogens with zero attached hydrogens (tertiary/aromatic N) is 1. The quantitative estimate of drug-likeness (QED) is 0.559. The zero-order valence-corrected chi connectivity index (χ0v) is 7.08. The SMILES string of the molecule is Cc1cc([N+](=O)[O-])c(F)cc1CN. The molecule has 1 aromatic rings. The smallest absolute Gasteiger partial charge is 0.305 e. The Kier molecular flexibility index (Phi) is 2.57. The Morgan fingerprint density at radius 3 is 2.69 bits per heavy atom. The summed E-state index contributed by atoms with van der Waals surface area (Å²) in [5.41, 5.74) is 6.03. The van der Waals surface area contributed by atoms with Gasteiger partial charge in [0, 0.05) is 12.6 Å². The minimum atomic E-state index is -0.837. The summed E-state index contributed by atoms with van der Waals surface area (Å²) in [4.78, 5) is 9.56. The van der Waals surface area contributed by atoms with E-state index < -0.39 is 16.4 Å². The van der Waals surface area contributed by atoms with Crippen LogP contribution in [-0.2, 0) is 6.54 Å². The van der Waals surface area contributed by atoms with Gasteiger partial charge < -0.3 is 5.73 Å². The first-order valence-corrected chi connectivity index (χ1v) is 3.69. The predicted molar refractivity (Wildman–Crippen MR) is 45.7 cm³/mol. The average molecular weight is 184 g/mol. The molecular formula is C8H9FN2O2. The molecule has 0 bridgehead atoms. The van der Waals surface area contributed by atoms with Gasteiger partial charge in [-0.05, 0) is 24.1 Å². The summed E-state index contributed by atoms with van der Waals surface area (Å²) in [6, 6.07) is 2.30. The van der Waals surface area contributed by atoms with E-state index in [0.29, 0.717) is 11.1 Å². The van der Waals surface area contributed by atoms with Crippen molar-refractivity contribution >= 4 is 5.69 Å². The lowest BCUT2D eigenvalue weighted by atomic mass is 10.1. The molecule has 13 heavy (non-hydrogen) atoms. The van der Waals surface area contributed by atoms with E-state index in [-0.39, 0.29) is 6.54 Å². The van der Waals surface area contributed by atoms with Gasteiger partial charge in [-0.1, -0.05) is 0 Å². The molecule has 1 aromatic carbocycles. The number of aryl methyl sites for hydroxylation is 1. The van der Waals surface area contributed by atoms with Gasteiger partial charge in [0.05, 0.1) is 4.92 Å². The molecule has 0 saturated carbocycles. The van der Waals surface area contributed by atoms with E-state index in [0.717, 1.165) is 6.07 Å². The lowest BCUT2D eigenvalue weighted by Crippen LogP contribution is -2.02. The highest BCUT2D eigenvalue weighted by Gasteiger charge is 2.15. The zero-order chi connectivity index (χ0) is 10.0. The third-order valence-electron chi connectivity index (χ3n) is 1.82. The van der Waals surface area contributed by atoms with Gasteiger partial charge in [-0.15, -0.1) is 0 Å². The van der Waals surface area contributed by atoms with Crippen LogP contribution < -0.4 is 5.73 Å². The van der Waals surface area contributed by atoms with Crippen LogP contribution in [0.5, 0.6) is 0 Å². The predicted octanol–water partition coefficient (Wildman–Crippen LogP) is 1.50. The van der Waals surface area contributed by atoms with Crippen molar-refractivity contribution in [2.45, 2.75) is 13.5 Å². The van der Waals surface area contributed by atoms with Crippen molar-refractivity contribution in [1.29, 1.82) is 0 Å². The molecule has 0 aliphatic heterocycles. The van der Waals surface area contributed by atoms with E-state index in [4.69, 9.17) is 5.73 Å². The molecule has 0 aliphatic rings. The van der Waals surface area contributed by atoms with Crippen molar-refractivity contribution in [2.24, 2.45) is 5.73 Å². The van der Waals surface area contributed by atoms with Gasteiger partial charge in [0.15, 0.2) is 0 Å². The number of rotatable bonds is 2. The highest BCUT2D eigenvalue weighted by atomic mass is 19.1. The van der Waals surface area contributed by atoms with Crippen LogP contribution in [0.25, 0.3) is 0 Å². The first-order chi connectivity index (χ1) is 6.06. The Balaban J connectivity index is 3.28. The van der Waals surface area contributed by atoms with Crippen LogP contribution in [0, 0.1) is 22.9 Å². The van der Waals surface area contributed by atoms with Gasteiger partial charge in [-0.2, -0.15) is 4.39 Å². The number of nitro groups is 1. The number of benzene rings is 1. The molecule has 0 saturated heterocycles. The van der Waals surface area contributed by atoms with Gasteiger partial charge in [-0.25, -0.2) is 0 Å². The number of nitro benzene ring substituents is 1. The summed E-state index contributed by atoms with van der Waals surface area (Å²) in [6.07, 6.45) is 0. The summed E-state index contributed by atoms with van der Waals surface area (Å²) >= 11 is 0. The molecule has 0 amide bonds. The maximum absolute atomic E-state index is 13.0. The third kappa shape index (κ3) is 1.81. The molecule has 0 atom stereocenters. The lowest BCUT2D eigenvalue weighted by Gasteiger charge is -2.02. The Hall–Kier alpha value is -1.49. The monoisotopic (exact) mass is 184 g/mol. The number of hydrogen-bond donors (Lipinski definition) is 1. The van der Waals surface area contributed by atoms with Gasteiger partial charge >= 0.3 is 5.69 Å². The van der Waals surface area contributed by atoms with Crippen LogP contribution in [0.3, 0.4) is 0 Å². The molecule has 0 radical (unpaired) electrons. The molecule has 5 heteroatoms. The number of halogens is 1. The van der Waals surface area contributed by atoms with E-state index in [9.17, 15) is 14.5 Å². The van der Waals surface area contributed by atoms with Crippen molar-refractivity contribution in [2.75, 3.05) is 0 Å². The highest BCUT2D eigenvalue weighted by Crippen LogP contribution is 2.21. The van der Waals surface area contributed by atoms with Crippen molar-refractivity contribution < 1.29 is 9.31 Å². The van der Waals surface area contributed by atoms with Crippen LogP contribution >= 0.6 is 0 Å². The van der Waals surface area contributed by atoms with E-state index >= 15 is 0 Å². The van der Waals surface area contributed by atoms with Gasteiger partial charge in [0.2, 0.25) is 5.82 Å². The van der Waals surface area contributed by atoms with Gasteiger partial charge in [-0.3, -0.25) is 10.1 Å². The van der Waals surface area contributed by atoms with Crippen LogP contribution in [0.15, 0.2) is 12.1 Å². The first-order valence-electron chi connectivity index (χ1n) is 3.69. The molecule has 0 heterocycles. The Morgan fingerprint density at radius 1 is 1.62 bits per heavy atom. The van der Waals surface area contributed by atoms with Crippen LogP contribution in [0.1, 0.15) is 11.1 Å². The van der Waals surface area contributed by atoms with Gasteiger partial charge in [0.25, 0.3) is 0 Å². The Bertz CT molecular complexity index is 352. The second-order valence-corrected chi connectivity index (χ2v) is 2.69. The van der Waals surface area contributed by atoms with E-state index in [2.05, 4.69) is 0 Å². The largest absolute Gasteiger partial charge is 0.326 e. The number of hydrogen-bond acceptors (Lipinski definition) is 3. The molecule has 0 unspecified atom stereocenters. The minimum Gasteiger partial charge on any atom is -0.326 e. The Labute approximate surface area is 74.3 Å². The maximum Gasteiger partial charge on any atom is 0.305 e. The van der Waals surface area contributed by atoms with Crippen molar-refractivity contribution in [3.63, 3.8) is 0 Å². The third-order valence-corrected chi connectivity index (χ3v) is 1.82. The van der Waals surface area contributed by atoms with Crippen molar-refractivity contribution in [1.82, 2.24) is 0 Å². The molecule has 0 aromatic heterocycles. The summed E-state index contributed by atoms with van der Waals surface area (Å²) in [5, 5.41) is 10.3. The summed E-state index contributed by atoms with van der Waals surface area (Å²) in [6.45, 7) is 1.84. The first kappa shape index (κ1) is 9.60. The average Bonchev–Trinajstić information content (AvgIpc) is 2.07. The lowest BCUT2D eigenvalue weighted by molar-refractivity contribution is -0.387. The highest BCUT2D eigenvalue weighted by molar-refractivity contribution is 5.40. The fraction of sp³-hybridized carbons (Fsp3) is 0.250. The van der Waals surface area contributed by atoms with Crippen LogP contribution in [-0.4, -0.2) is 4.92 Å². The molecule has 1 rings (SSSR count). The second-order valence-electron chi connectivity index (χ2n) is 2.69. The van der Waals surface area contributed by atoms with Crippen molar-refractivity contribution in [3.8, 4) is 0 Å². The molecule has 0 fully saturated rings. The summed E-state index contributed by atoms with van der Waals surface area (Å²) in [5.74, 6) is -0.837. The minimum absolute atomic E-state index is 0.181. The van der Waals surface area contributed by atoms with E-state index in [1.807, 2.05) is 0 Å². The Morgan fingerprint density at radius 2 is 2.23 bits per heavy atom. The maximum atomic E-state index is 13.0. The fourth-order valence-corrected chi connectivity index (χ4v) is 1.07. The fourth-order valence-electron chi connectivity index (χ4n) is 1.07. The molecular weight excluding hydrogens is 175 g/mol. The molecule has 70 valence electrons. The van der Waals surface area contributed by atoms with Gasteiger partial charge in [0.1, 0.15) is 0 Å². The molecule has 4 nitrogen and oxygen atoms in total. The summed E-state index contributed by atoms with van der Waals surface area (Å²) < 4.78 is 13.0. The second kappa shape index (κ2) is 3.49. The van der Waals surface area contributed by atoms with Crippen LogP contribution in [0.4, 0.5) is 10.1 Å². The van der Waals surface area contributed by atoms with Crippen LogP contribution in [0.2, 0.25) is 0 Å². The number of nitrogens with two attached hydrogens (primary N) is 1. The van der Waals surface area contributed by atoms with E-state index in [1.165, 1.54) is 6.07 Å². The van der Waals surface area contributed by atoms with E-state index in [1.54, 1.807) is 6.92 Å². The van der Waals surface area contributed by atoms with Crippen molar-refractivity contribution in [3.05, 3.63) is 39.2 Å².